The van der Waals surface area contributed by atoms with E-state index in [0.29, 0.717) is 0 Å². The van der Waals surface area contributed by atoms with Crippen LogP contribution in [0.1, 0.15) is 17.5 Å². The van der Waals surface area contributed by atoms with Gasteiger partial charge in [0, 0.05) is 26.2 Å². The molecule has 1 amide bonds. The van der Waals surface area contributed by atoms with Crippen molar-refractivity contribution in [3.05, 3.63) is 96.6 Å². The lowest BCUT2D eigenvalue weighted by Crippen LogP contribution is -2.38. The third kappa shape index (κ3) is 4.75. The van der Waals surface area contributed by atoms with Gasteiger partial charge in [-0.2, -0.15) is 0 Å². The van der Waals surface area contributed by atoms with Crippen LogP contribution in [0.15, 0.2) is 85.5 Å². The minimum Gasteiger partial charge on any atom is -0.341 e. The normalized spacial score (nSPS) is 17.8. The second-order valence-corrected chi connectivity index (χ2v) is 7.72. The SMILES string of the molecule is C=CCCN(CCc1ccccc1)C(=O)C1CN1Cc1cccc2ccccc12. The largest absolute Gasteiger partial charge is 0.341 e. The zero-order valence-corrected chi connectivity index (χ0v) is 16.8. The van der Waals surface area contributed by atoms with E-state index < -0.39 is 0 Å². The van der Waals surface area contributed by atoms with Crippen LogP contribution in [0, 0.1) is 0 Å². The molecule has 4 rings (SSSR count). The lowest BCUT2D eigenvalue weighted by atomic mass is 10.0. The van der Waals surface area contributed by atoms with Gasteiger partial charge in [-0.05, 0) is 34.7 Å². The lowest BCUT2D eigenvalue weighted by Gasteiger charge is -2.22. The first kappa shape index (κ1) is 19.4. The molecule has 0 bridgehead atoms. The molecule has 2 unspecified atom stereocenters. The van der Waals surface area contributed by atoms with Crippen molar-refractivity contribution in [2.75, 3.05) is 19.6 Å². The molecule has 3 nitrogen and oxygen atoms in total. The van der Waals surface area contributed by atoms with E-state index in [9.17, 15) is 4.79 Å². The molecule has 0 aliphatic carbocycles. The van der Waals surface area contributed by atoms with E-state index in [1.54, 1.807) is 0 Å². The number of fused-ring (bicyclic) bond motifs is 1. The molecule has 2 atom stereocenters. The predicted octanol–water partition coefficient (Wildman–Crippen LogP) is 4.67. The second-order valence-electron chi connectivity index (χ2n) is 7.72. The van der Waals surface area contributed by atoms with Gasteiger partial charge in [0.05, 0.1) is 0 Å². The second kappa shape index (κ2) is 9.06. The molecule has 0 saturated carbocycles. The molecule has 1 aliphatic rings. The molecule has 1 saturated heterocycles. The summed E-state index contributed by atoms with van der Waals surface area (Å²) in [6, 6.07) is 25.3. The highest BCUT2D eigenvalue weighted by atomic mass is 16.2. The van der Waals surface area contributed by atoms with E-state index in [1.165, 1.54) is 21.9 Å². The molecule has 1 heterocycles. The molecule has 0 spiro atoms. The Balaban J connectivity index is 1.40. The fourth-order valence-electron chi connectivity index (χ4n) is 3.93. The molecular formula is C26H28N2O. The van der Waals surface area contributed by atoms with Crippen LogP contribution in [0.2, 0.25) is 0 Å². The summed E-state index contributed by atoms with van der Waals surface area (Å²) in [5.41, 5.74) is 2.56. The average molecular weight is 385 g/mol. The number of hydrogen-bond acceptors (Lipinski definition) is 2. The Kier molecular flexibility index (Phi) is 6.06. The van der Waals surface area contributed by atoms with Gasteiger partial charge in [-0.1, -0.05) is 78.9 Å². The summed E-state index contributed by atoms with van der Waals surface area (Å²) in [6.45, 7) is 7.00. The summed E-state index contributed by atoms with van der Waals surface area (Å²) < 4.78 is 0. The fraction of sp³-hybridized carbons (Fsp3) is 0.269. The maximum absolute atomic E-state index is 13.1. The number of carbonyl (C=O) groups is 1. The number of carbonyl (C=O) groups excluding carboxylic acids is 1. The van der Waals surface area contributed by atoms with E-state index in [2.05, 4.69) is 78.2 Å². The zero-order valence-electron chi connectivity index (χ0n) is 16.8. The number of nitrogens with zero attached hydrogens (tertiary/aromatic N) is 2. The van der Waals surface area contributed by atoms with Gasteiger partial charge in [-0.25, -0.2) is 0 Å². The molecule has 3 aromatic carbocycles. The summed E-state index contributed by atoms with van der Waals surface area (Å²) in [4.78, 5) is 17.4. The van der Waals surface area contributed by atoms with Crippen molar-refractivity contribution in [2.24, 2.45) is 0 Å². The molecule has 0 N–H and O–H groups in total. The zero-order chi connectivity index (χ0) is 20.1. The molecule has 148 valence electrons. The van der Waals surface area contributed by atoms with Crippen molar-refractivity contribution in [1.29, 1.82) is 0 Å². The maximum Gasteiger partial charge on any atom is 0.241 e. The van der Waals surface area contributed by atoms with Gasteiger partial charge < -0.3 is 4.90 Å². The highest BCUT2D eigenvalue weighted by Crippen LogP contribution is 2.27. The van der Waals surface area contributed by atoms with Crippen molar-refractivity contribution in [3.63, 3.8) is 0 Å². The molecule has 0 aromatic heterocycles. The van der Waals surface area contributed by atoms with Crippen LogP contribution in [0.5, 0.6) is 0 Å². The Morgan fingerprint density at radius 2 is 1.76 bits per heavy atom. The van der Waals surface area contributed by atoms with Crippen LogP contribution in [-0.4, -0.2) is 41.4 Å². The standard InChI is InChI=1S/C26H28N2O/c1-2-3-17-27(18-16-21-10-5-4-6-11-21)26(29)25-20-28(25)19-23-14-9-13-22-12-7-8-15-24(22)23/h2,4-15,25H,1,3,16-20H2. The number of rotatable bonds is 9. The Morgan fingerprint density at radius 3 is 2.59 bits per heavy atom. The van der Waals surface area contributed by atoms with Gasteiger partial charge in [-0.15, -0.1) is 6.58 Å². The van der Waals surface area contributed by atoms with E-state index >= 15 is 0 Å². The molecule has 1 fully saturated rings. The van der Waals surface area contributed by atoms with Crippen molar-refractivity contribution < 1.29 is 4.79 Å². The Morgan fingerprint density at radius 1 is 1.00 bits per heavy atom. The Labute approximate surface area is 173 Å². The summed E-state index contributed by atoms with van der Waals surface area (Å²) in [6.07, 6.45) is 3.61. The first-order chi connectivity index (χ1) is 14.3. The Hall–Kier alpha value is -2.91. The molecule has 0 radical (unpaired) electrons. The topological polar surface area (TPSA) is 23.3 Å². The van der Waals surface area contributed by atoms with Crippen molar-refractivity contribution in [2.45, 2.75) is 25.4 Å². The minimum absolute atomic E-state index is 0.00885. The van der Waals surface area contributed by atoms with E-state index in [-0.39, 0.29) is 11.9 Å². The predicted molar refractivity (Wildman–Crippen MR) is 120 cm³/mol. The molecule has 3 heteroatoms. The smallest absolute Gasteiger partial charge is 0.241 e. The van der Waals surface area contributed by atoms with Crippen LogP contribution in [0.4, 0.5) is 0 Å². The number of benzene rings is 3. The minimum atomic E-state index is 0.00885. The summed E-state index contributed by atoms with van der Waals surface area (Å²) in [5, 5.41) is 2.53. The maximum atomic E-state index is 13.1. The summed E-state index contributed by atoms with van der Waals surface area (Å²) in [5.74, 6) is 0.253. The third-order valence-electron chi connectivity index (χ3n) is 5.68. The van der Waals surface area contributed by atoms with Crippen molar-refractivity contribution in [3.8, 4) is 0 Å². The molecule has 29 heavy (non-hydrogen) atoms. The highest BCUT2D eigenvalue weighted by molar-refractivity contribution is 5.87. The van der Waals surface area contributed by atoms with Crippen LogP contribution < -0.4 is 0 Å². The van der Waals surface area contributed by atoms with Crippen molar-refractivity contribution >= 4 is 16.7 Å². The first-order valence-corrected chi connectivity index (χ1v) is 10.4. The molecular weight excluding hydrogens is 356 g/mol. The van der Waals surface area contributed by atoms with Crippen LogP contribution in [-0.2, 0) is 17.8 Å². The van der Waals surface area contributed by atoms with Crippen molar-refractivity contribution in [1.82, 2.24) is 9.80 Å². The molecule has 3 aromatic rings. The van der Waals surface area contributed by atoms with E-state index in [1.807, 2.05) is 17.0 Å². The third-order valence-corrected chi connectivity index (χ3v) is 5.68. The van der Waals surface area contributed by atoms with Crippen LogP contribution in [0.25, 0.3) is 10.8 Å². The number of hydrogen-bond donors (Lipinski definition) is 0. The van der Waals surface area contributed by atoms with Gasteiger partial charge >= 0.3 is 0 Å². The fourth-order valence-corrected chi connectivity index (χ4v) is 3.93. The molecule has 1 aliphatic heterocycles. The van der Waals surface area contributed by atoms with Gasteiger partial charge in [0.15, 0.2) is 0 Å². The van der Waals surface area contributed by atoms with Gasteiger partial charge in [0.2, 0.25) is 5.91 Å². The Bertz CT molecular complexity index is 977. The van der Waals surface area contributed by atoms with Gasteiger partial charge in [0.1, 0.15) is 6.04 Å². The quantitative estimate of drug-likeness (QED) is 0.395. The van der Waals surface area contributed by atoms with Gasteiger partial charge in [-0.3, -0.25) is 9.69 Å². The van der Waals surface area contributed by atoms with Crippen LogP contribution >= 0.6 is 0 Å². The monoisotopic (exact) mass is 384 g/mol. The summed E-state index contributed by atoms with van der Waals surface area (Å²) in [7, 11) is 0. The van der Waals surface area contributed by atoms with E-state index in [4.69, 9.17) is 0 Å². The van der Waals surface area contributed by atoms with Gasteiger partial charge in [0.25, 0.3) is 0 Å². The number of amides is 1. The average Bonchev–Trinajstić information content (AvgIpc) is 3.53. The van der Waals surface area contributed by atoms with E-state index in [0.717, 1.165) is 39.0 Å². The highest BCUT2D eigenvalue weighted by Gasteiger charge is 2.42. The van der Waals surface area contributed by atoms with Crippen LogP contribution in [0.3, 0.4) is 0 Å². The lowest BCUT2D eigenvalue weighted by molar-refractivity contribution is -0.131. The first-order valence-electron chi connectivity index (χ1n) is 10.4. The summed E-state index contributed by atoms with van der Waals surface area (Å²) >= 11 is 0.